The van der Waals surface area contributed by atoms with Crippen molar-refractivity contribution in [1.29, 1.82) is 0 Å². The van der Waals surface area contributed by atoms with Crippen molar-refractivity contribution < 1.29 is 13.2 Å². The average Bonchev–Trinajstić information content (AvgIpc) is 3.17. The summed E-state index contributed by atoms with van der Waals surface area (Å²) in [4.78, 5) is 21.9. The number of thiophene rings is 1. The number of hydrogen-bond donors (Lipinski definition) is 2. The largest absolute Gasteiger partial charge is 0.325 e. The Morgan fingerprint density at radius 1 is 1.10 bits per heavy atom. The zero-order chi connectivity index (χ0) is 21.1. The highest BCUT2D eigenvalue weighted by Crippen LogP contribution is 2.37. The van der Waals surface area contributed by atoms with Crippen LogP contribution in [0.5, 0.6) is 0 Å². The predicted molar refractivity (Wildman–Crippen MR) is 120 cm³/mol. The summed E-state index contributed by atoms with van der Waals surface area (Å²) in [5.74, 6) is -0.176. The highest BCUT2D eigenvalue weighted by Gasteiger charge is 2.15. The van der Waals surface area contributed by atoms with E-state index in [1.54, 1.807) is 6.07 Å². The van der Waals surface area contributed by atoms with Gasteiger partial charge in [-0.2, -0.15) is 0 Å². The number of primary sulfonamides is 1. The van der Waals surface area contributed by atoms with Gasteiger partial charge >= 0.3 is 0 Å². The van der Waals surface area contributed by atoms with Crippen LogP contribution in [0, 0.1) is 0 Å². The number of amides is 1. The summed E-state index contributed by atoms with van der Waals surface area (Å²) in [7, 11) is -3.84. The first-order chi connectivity index (χ1) is 14.4. The van der Waals surface area contributed by atoms with E-state index in [4.69, 9.17) is 5.14 Å². The lowest BCUT2D eigenvalue weighted by Crippen LogP contribution is -2.16. The second-order valence-electron chi connectivity index (χ2n) is 6.28. The minimum atomic E-state index is -3.84. The minimum Gasteiger partial charge on any atom is -0.325 e. The number of nitrogens with one attached hydrogen (secondary N) is 1. The van der Waals surface area contributed by atoms with Crippen molar-refractivity contribution in [2.24, 2.45) is 5.14 Å². The van der Waals surface area contributed by atoms with Gasteiger partial charge in [-0.3, -0.25) is 4.79 Å². The third kappa shape index (κ3) is 4.51. The summed E-state index contributed by atoms with van der Waals surface area (Å²) in [6, 6.07) is 15.8. The number of hydrogen-bond acceptors (Lipinski definition) is 7. The Hall–Kier alpha value is -2.79. The summed E-state index contributed by atoms with van der Waals surface area (Å²) in [6.45, 7) is 0. The fourth-order valence-electron chi connectivity index (χ4n) is 2.87. The molecular formula is C20H16N4O3S3. The number of anilines is 1. The molecule has 0 spiro atoms. The third-order valence-corrected chi connectivity index (χ3v) is 6.99. The summed E-state index contributed by atoms with van der Waals surface area (Å²) in [6.07, 6.45) is 1.49. The molecular weight excluding hydrogens is 440 g/mol. The maximum absolute atomic E-state index is 12.4. The standard InChI is InChI=1S/C20H16N4O3S3/c21-30(26,27)15-8-4-7-14(9-15)24-17(25)11-29-20-18-16(13-5-2-1-3-6-13)10-28-19(18)22-12-23-20/h1-10,12H,11H2,(H,24,25)(H2,21,26,27). The third-order valence-electron chi connectivity index (χ3n) is 4.21. The Labute approximate surface area is 181 Å². The van der Waals surface area contributed by atoms with Gasteiger partial charge in [0.1, 0.15) is 16.2 Å². The van der Waals surface area contributed by atoms with Gasteiger partial charge in [-0.05, 0) is 23.8 Å². The lowest BCUT2D eigenvalue weighted by atomic mass is 10.1. The van der Waals surface area contributed by atoms with E-state index in [9.17, 15) is 13.2 Å². The van der Waals surface area contributed by atoms with Gasteiger partial charge in [-0.1, -0.05) is 48.2 Å². The summed E-state index contributed by atoms with van der Waals surface area (Å²) < 4.78 is 23.0. The van der Waals surface area contributed by atoms with E-state index < -0.39 is 10.0 Å². The second kappa shape index (κ2) is 8.52. The van der Waals surface area contributed by atoms with Gasteiger partial charge in [-0.15, -0.1) is 11.3 Å². The van der Waals surface area contributed by atoms with E-state index in [0.29, 0.717) is 10.7 Å². The van der Waals surface area contributed by atoms with E-state index in [2.05, 4.69) is 15.3 Å². The smallest absolute Gasteiger partial charge is 0.238 e. The molecule has 2 aromatic carbocycles. The second-order valence-corrected chi connectivity index (χ2v) is 9.67. The van der Waals surface area contributed by atoms with E-state index in [1.165, 1.54) is 47.6 Å². The van der Waals surface area contributed by atoms with Crippen LogP contribution < -0.4 is 10.5 Å². The predicted octanol–water partition coefficient (Wildman–Crippen LogP) is 3.74. The Balaban J connectivity index is 1.53. The van der Waals surface area contributed by atoms with Crippen molar-refractivity contribution in [3.63, 3.8) is 0 Å². The maximum atomic E-state index is 12.4. The number of fused-ring (bicyclic) bond motifs is 1. The average molecular weight is 457 g/mol. The lowest BCUT2D eigenvalue weighted by Gasteiger charge is -2.08. The number of nitrogens with zero attached hydrogens (tertiary/aromatic N) is 2. The van der Waals surface area contributed by atoms with E-state index >= 15 is 0 Å². The number of carbonyl (C=O) groups excluding carboxylic acids is 1. The quantitative estimate of drug-likeness (QED) is 0.337. The molecule has 0 aliphatic rings. The Morgan fingerprint density at radius 3 is 2.67 bits per heavy atom. The van der Waals surface area contributed by atoms with E-state index in [-0.39, 0.29) is 16.6 Å². The van der Waals surface area contributed by atoms with Gasteiger partial charge in [-0.25, -0.2) is 23.5 Å². The Kier molecular flexibility index (Phi) is 5.82. The molecule has 0 saturated carbocycles. The van der Waals surface area contributed by atoms with Gasteiger partial charge in [0.2, 0.25) is 15.9 Å². The van der Waals surface area contributed by atoms with Crippen LogP contribution in [0.2, 0.25) is 0 Å². The van der Waals surface area contributed by atoms with Crippen molar-refractivity contribution in [3.05, 3.63) is 66.3 Å². The first-order valence-corrected chi connectivity index (χ1v) is 12.2. The monoisotopic (exact) mass is 456 g/mol. The molecule has 2 aromatic heterocycles. The molecule has 4 rings (SSSR count). The molecule has 10 heteroatoms. The number of nitrogens with two attached hydrogens (primary N) is 1. The molecule has 7 nitrogen and oxygen atoms in total. The van der Waals surface area contributed by atoms with Crippen LogP contribution >= 0.6 is 23.1 Å². The number of rotatable bonds is 6. The van der Waals surface area contributed by atoms with Crippen LogP contribution in [0.4, 0.5) is 5.69 Å². The summed E-state index contributed by atoms with van der Waals surface area (Å²) >= 11 is 2.83. The van der Waals surface area contributed by atoms with Crippen molar-refractivity contribution in [2.75, 3.05) is 11.1 Å². The van der Waals surface area contributed by atoms with Crippen LogP contribution in [-0.2, 0) is 14.8 Å². The number of carbonyl (C=O) groups is 1. The van der Waals surface area contributed by atoms with Gasteiger partial charge in [0.25, 0.3) is 0 Å². The Morgan fingerprint density at radius 2 is 1.90 bits per heavy atom. The van der Waals surface area contributed by atoms with Gasteiger partial charge in [0, 0.05) is 16.6 Å². The number of thioether (sulfide) groups is 1. The van der Waals surface area contributed by atoms with Gasteiger partial charge in [0.05, 0.1) is 16.0 Å². The molecule has 0 bridgehead atoms. The maximum Gasteiger partial charge on any atom is 0.238 e. The first-order valence-electron chi connectivity index (χ1n) is 8.75. The molecule has 0 aliphatic heterocycles. The number of aromatic nitrogens is 2. The van der Waals surface area contributed by atoms with Crippen molar-refractivity contribution in [3.8, 4) is 11.1 Å². The zero-order valence-corrected chi connectivity index (χ0v) is 17.9. The van der Waals surface area contributed by atoms with Gasteiger partial charge < -0.3 is 5.32 Å². The van der Waals surface area contributed by atoms with Crippen LogP contribution in [-0.4, -0.2) is 30.0 Å². The zero-order valence-electron chi connectivity index (χ0n) is 15.5. The molecule has 0 aliphatic carbocycles. The van der Waals surface area contributed by atoms with E-state index in [0.717, 1.165) is 21.3 Å². The van der Waals surface area contributed by atoms with Crippen LogP contribution in [0.3, 0.4) is 0 Å². The SMILES string of the molecule is NS(=O)(=O)c1cccc(NC(=O)CSc2ncnc3scc(-c4ccccc4)c23)c1. The molecule has 4 aromatic rings. The molecule has 0 saturated heterocycles. The molecule has 0 fully saturated rings. The number of sulfonamides is 1. The summed E-state index contributed by atoms with van der Waals surface area (Å²) in [5, 5.41) is 11.5. The molecule has 1 amide bonds. The van der Waals surface area contributed by atoms with Crippen LogP contribution in [0.25, 0.3) is 21.3 Å². The topological polar surface area (TPSA) is 115 Å². The molecule has 0 atom stereocenters. The number of benzene rings is 2. The van der Waals surface area contributed by atoms with Gasteiger partial charge in [0.15, 0.2) is 0 Å². The van der Waals surface area contributed by atoms with Crippen LogP contribution in [0.1, 0.15) is 0 Å². The van der Waals surface area contributed by atoms with Crippen molar-refractivity contribution >= 4 is 54.9 Å². The molecule has 0 radical (unpaired) electrons. The van der Waals surface area contributed by atoms with Crippen molar-refractivity contribution in [2.45, 2.75) is 9.92 Å². The van der Waals surface area contributed by atoms with Crippen LogP contribution in [0.15, 0.2) is 76.2 Å². The normalized spacial score (nSPS) is 11.5. The molecule has 3 N–H and O–H groups in total. The fourth-order valence-corrected chi connectivity index (χ4v) is 5.22. The van der Waals surface area contributed by atoms with Crippen molar-refractivity contribution in [1.82, 2.24) is 9.97 Å². The fraction of sp³-hybridized carbons (Fsp3) is 0.0500. The molecule has 0 unspecified atom stereocenters. The molecule has 30 heavy (non-hydrogen) atoms. The highest BCUT2D eigenvalue weighted by atomic mass is 32.2. The lowest BCUT2D eigenvalue weighted by molar-refractivity contribution is -0.113. The minimum absolute atomic E-state index is 0.0590. The van der Waals surface area contributed by atoms with E-state index in [1.807, 2.05) is 35.7 Å². The Bertz CT molecular complexity index is 1320. The molecule has 2 heterocycles. The summed E-state index contributed by atoms with van der Waals surface area (Å²) in [5.41, 5.74) is 2.45. The highest BCUT2D eigenvalue weighted by molar-refractivity contribution is 8.00. The first kappa shape index (κ1) is 20.5. The molecule has 152 valence electrons.